The van der Waals surface area contributed by atoms with Crippen LogP contribution >= 0.6 is 24.0 Å². The molecule has 0 atom stereocenters. The fourth-order valence-corrected chi connectivity index (χ4v) is 5.07. The normalized spacial score (nSPS) is 19.4. The van der Waals surface area contributed by atoms with Crippen molar-refractivity contribution in [1.82, 2.24) is 10.2 Å². The van der Waals surface area contributed by atoms with E-state index in [1.54, 1.807) is 31.3 Å². The summed E-state index contributed by atoms with van der Waals surface area (Å²) < 4.78 is 24.5. The number of guanidine groups is 1. The third kappa shape index (κ3) is 4.87. The summed E-state index contributed by atoms with van der Waals surface area (Å²) in [4.78, 5) is 7.10. The van der Waals surface area contributed by atoms with Crippen LogP contribution in [0.25, 0.3) is 0 Å². The van der Waals surface area contributed by atoms with E-state index in [2.05, 4.69) is 15.2 Å². The molecule has 1 spiro atoms. The first-order valence-electron chi connectivity index (χ1n) is 8.78. The quantitative estimate of drug-likeness (QED) is 0.307. The van der Waals surface area contributed by atoms with Crippen molar-refractivity contribution in [2.24, 2.45) is 10.4 Å². The molecule has 3 rings (SSSR count). The lowest BCUT2D eigenvalue weighted by molar-refractivity contribution is 0.151. The minimum Gasteiger partial charge on any atom is -0.356 e. The highest BCUT2D eigenvalue weighted by Gasteiger charge is 2.43. The van der Waals surface area contributed by atoms with Crippen molar-refractivity contribution in [3.63, 3.8) is 0 Å². The first kappa shape index (κ1) is 20.5. The molecular weight excluding hydrogens is 449 g/mol. The van der Waals surface area contributed by atoms with E-state index in [0.717, 1.165) is 19.0 Å². The second-order valence-electron chi connectivity index (χ2n) is 6.98. The molecule has 2 fully saturated rings. The van der Waals surface area contributed by atoms with Crippen LogP contribution in [0.5, 0.6) is 0 Å². The number of rotatable bonds is 5. The van der Waals surface area contributed by atoms with Gasteiger partial charge in [0.05, 0.1) is 10.6 Å². The topological polar surface area (TPSA) is 61.8 Å². The van der Waals surface area contributed by atoms with Crippen LogP contribution in [0.15, 0.2) is 40.2 Å². The second-order valence-corrected chi connectivity index (χ2v) is 9.09. The van der Waals surface area contributed by atoms with Crippen molar-refractivity contribution in [1.29, 1.82) is 0 Å². The van der Waals surface area contributed by atoms with Crippen molar-refractivity contribution < 1.29 is 8.42 Å². The Bertz CT molecular complexity index is 688. The molecule has 1 aliphatic heterocycles. The number of aliphatic imine (C=N–C) groups is 1. The maximum atomic E-state index is 12.3. The van der Waals surface area contributed by atoms with Gasteiger partial charge in [0.2, 0.25) is 0 Å². The number of halogens is 1. The summed E-state index contributed by atoms with van der Waals surface area (Å²) >= 11 is 0. The van der Waals surface area contributed by atoms with Gasteiger partial charge in [0.25, 0.3) is 0 Å². The molecule has 1 saturated carbocycles. The zero-order chi connectivity index (χ0) is 17.0. The van der Waals surface area contributed by atoms with Crippen LogP contribution in [0.1, 0.15) is 32.1 Å². The number of nitrogens with zero attached hydrogens (tertiary/aromatic N) is 2. The Morgan fingerprint density at radius 3 is 2.52 bits per heavy atom. The molecule has 1 aromatic carbocycles. The van der Waals surface area contributed by atoms with Crippen LogP contribution in [0.2, 0.25) is 0 Å². The van der Waals surface area contributed by atoms with Gasteiger partial charge in [-0.05, 0) is 43.2 Å². The highest BCUT2D eigenvalue weighted by molar-refractivity contribution is 14.0. The highest BCUT2D eigenvalue weighted by atomic mass is 127. The van der Waals surface area contributed by atoms with E-state index < -0.39 is 9.84 Å². The molecular formula is C18H28IN3O2S. The van der Waals surface area contributed by atoms with E-state index in [-0.39, 0.29) is 29.7 Å². The molecule has 1 heterocycles. The highest BCUT2D eigenvalue weighted by Crippen LogP contribution is 2.47. The standard InChI is InChI=1S/C18H27N3O2S.HI/c1-19-17(21-13-11-18(15-21)9-5-10-18)20-12-6-14-24(22,23)16-7-3-2-4-8-16;/h2-4,7-8H,5-6,9-15H2,1H3,(H,19,20);1H. The van der Waals surface area contributed by atoms with E-state index in [0.29, 0.717) is 23.3 Å². The molecule has 140 valence electrons. The summed E-state index contributed by atoms with van der Waals surface area (Å²) in [5, 5.41) is 3.33. The summed E-state index contributed by atoms with van der Waals surface area (Å²) in [7, 11) is -1.39. The van der Waals surface area contributed by atoms with Gasteiger partial charge < -0.3 is 10.2 Å². The second kappa shape index (κ2) is 8.70. The monoisotopic (exact) mass is 477 g/mol. The Balaban J connectivity index is 0.00000225. The fourth-order valence-electron chi connectivity index (χ4n) is 3.74. The van der Waals surface area contributed by atoms with E-state index >= 15 is 0 Å². The number of hydrogen-bond acceptors (Lipinski definition) is 3. The van der Waals surface area contributed by atoms with Crippen LogP contribution in [-0.2, 0) is 9.84 Å². The third-order valence-corrected chi connectivity index (χ3v) is 7.16. The number of nitrogens with one attached hydrogen (secondary N) is 1. The zero-order valence-corrected chi connectivity index (χ0v) is 17.9. The van der Waals surface area contributed by atoms with Gasteiger partial charge in [0.1, 0.15) is 0 Å². The third-order valence-electron chi connectivity index (χ3n) is 5.34. The summed E-state index contributed by atoms with van der Waals surface area (Å²) in [5.41, 5.74) is 0.536. The summed E-state index contributed by atoms with van der Waals surface area (Å²) in [5.74, 6) is 1.07. The Labute approximate surface area is 168 Å². The van der Waals surface area contributed by atoms with E-state index in [1.807, 2.05) is 6.07 Å². The number of benzene rings is 1. The number of sulfone groups is 1. The van der Waals surface area contributed by atoms with Gasteiger partial charge in [-0.25, -0.2) is 8.42 Å². The maximum absolute atomic E-state index is 12.3. The molecule has 1 saturated heterocycles. The lowest BCUT2D eigenvalue weighted by atomic mass is 9.68. The van der Waals surface area contributed by atoms with Gasteiger partial charge in [0, 0.05) is 26.7 Å². The average Bonchev–Trinajstić information content (AvgIpc) is 3.01. The van der Waals surface area contributed by atoms with Crippen molar-refractivity contribution in [2.45, 2.75) is 37.0 Å². The smallest absolute Gasteiger partial charge is 0.193 e. The predicted octanol–water partition coefficient (Wildman–Crippen LogP) is 2.92. The van der Waals surface area contributed by atoms with Gasteiger partial charge in [-0.1, -0.05) is 24.6 Å². The molecule has 25 heavy (non-hydrogen) atoms. The van der Waals surface area contributed by atoms with Crippen molar-refractivity contribution in [3.05, 3.63) is 30.3 Å². The van der Waals surface area contributed by atoms with Gasteiger partial charge in [-0.3, -0.25) is 4.99 Å². The zero-order valence-electron chi connectivity index (χ0n) is 14.8. The van der Waals surface area contributed by atoms with E-state index in [1.165, 1.54) is 25.7 Å². The van der Waals surface area contributed by atoms with E-state index in [4.69, 9.17) is 0 Å². The molecule has 7 heteroatoms. The maximum Gasteiger partial charge on any atom is 0.193 e. The van der Waals surface area contributed by atoms with Gasteiger partial charge >= 0.3 is 0 Å². The summed E-state index contributed by atoms with van der Waals surface area (Å²) in [6.07, 6.45) is 5.88. The Kier molecular flexibility index (Phi) is 7.13. The lowest BCUT2D eigenvalue weighted by Gasteiger charge is -2.38. The van der Waals surface area contributed by atoms with Crippen LogP contribution in [0, 0.1) is 5.41 Å². The molecule has 1 N–H and O–H groups in total. The molecule has 0 amide bonds. The van der Waals surface area contributed by atoms with E-state index in [9.17, 15) is 8.42 Å². The van der Waals surface area contributed by atoms with Gasteiger partial charge in [-0.2, -0.15) is 0 Å². The largest absolute Gasteiger partial charge is 0.356 e. The molecule has 0 radical (unpaired) electrons. The molecule has 0 aromatic heterocycles. The number of hydrogen-bond donors (Lipinski definition) is 1. The Morgan fingerprint density at radius 2 is 1.96 bits per heavy atom. The lowest BCUT2D eigenvalue weighted by Crippen LogP contribution is -2.43. The first-order chi connectivity index (χ1) is 11.5. The predicted molar refractivity (Wildman–Crippen MR) is 112 cm³/mol. The molecule has 1 aromatic rings. The Hall–Kier alpha value is -0.830. The minimum atomic E-state index is -3.19. The van der Waals surface area contributed by atoms with Crippen molar-refractivity contribution in [2.75, 3.05) is 32.4 Å². The molecule has 0 bridgehead atoms. The van der Waals surface area contributed by atoms with Crippen LogP contribution in [0.3, 0.4) is 0 Å². The van der Waals surface area contributed by atoms with Crippen LogP contribution < -0.4 is 5.32 Å². The van der Waals surface area contributed by atoms with Gasteiger partial charge in [0.15, 0.2) is 15.8 Å². The average molecular weight is 477 g/mol. The number of likely N-dealkylation sites (tertiary alicyclic amines) is 1. The summed E-state index contributed by atoms with van der Waals surface area (Å²) in [6, 6.07) is 8.66. The van der Waals surface area contributed by atoms with Crippen molar-refractivity contribution in [3.8, 4) is 0 Å². The van der Waals surface area contributed by atoms with Gasteiger partial charge in [-0.15, -0.1) is 24.0 Å². The molecule has 1 aliphatic carbocycles. The molecule has 0 unspecified atom stereocenters. The van der Waals surface area contributed by atoms with Crippen LogP contribution in [0.4, 0.5) is 0 Å². The first-order valence-corrected chi connectivity index (χ1v) is 10.4. The Morgan fingerprint density at radius 1 is 1.24 bits per heavy atom. The van der Waals surface area contributed by atoms with Crippen LogP contribution in [-0.4, -0.2) is 51.7 Å². The fraction of sp³-hybridized carbons (Fsp3) is 0.611. The summed E-state index contributed by atoms with van der Waals surface area (Å²) in [6.45, 7) is 2.78. The SMILES string of the molecule is CN=C(NCCCS(=O)(=O)c1ccccc1)N1CCC2(CCC2)C1.I. The molecule has 5 nitrogen and oxygen atoms in total. The minimum absolute atomic E-state index is 0. The van der Waals surface area contributed by atoms with Crippen molar-refractivity contribution >= 4 is 39.8 Å². The molecule has 2 aliphatic rings.